The second-order valence-electron chi connectivity index (χ2n) is 8.89. The molecule has 2 aromatic rings. The molecule has 2 heterocycles. The normalized spacial score (nSPS) is 19.3. The van der Waals surface area contributed by atoms with E-state index in [4.69, 9.17) is 4.74 Å². The molecule has 8 nitrogen and oxygen atoms in total. The minimum absolute atomic E-state index is 0.00371. The van der Waals surface area contributed by atoms with E-state index in [1.807, 2.05) is 20.8 Å². The third-order valence-corrected chi connectivity index (χ3v) is 5.78. The Labute approximate surface area is 175 Å². The molecule has 0 spiro atoms. The fourth-order valence-electron chi connectivity index (χ4n) is 4.30. The highest BCUT2D eigenvalue weighted by molar-refractivity contribution is 5.83. The van der Waals surface area contributed by atoms with Crippen molar-refractivity contribution in [3.05, 3.63) is 34.2 Å². The van der Waals surface area contributed by atoms with Crippen molar-refractivity contribution < 1.29 is 14.6 Å². The lowest BCUT2D eigenvalue weighted by Gasteiger charge is -2.42. The molecule has 0 aliphatic heterocycles. The van der Waals surface area contributed by atoms with Gasteiger partial charge in [-0.25, -0.2) is 4.79 Å². The van der Waals surface area contributed by atoms with Crippen molar-refractivity contribution >= 4 is 17.1 Å². The molecule has 8 heteroatoms. The zero-order chi connectivity index (χ0) is 22.1. The monoisotopic (exact) mass is 412 g/mol. The van der Waals surface area contributed by atoms with E-state index >= 15 is 0 Å². The van der Waals surface area contributed by atoms with Crippen LogP contribution >= 0.6 is 0 Å². The van der Waals surface area contributed by atoms with Gasteiger partial charge in [-0.15, -0.1) is 0 Å². The van der Waals surface area contributed by atoms with Crippen LogP contribution in [-0.2, 0) is 7.05 Å². The second kappa shape index (κ2) is 8.34. The van der Waals surface area contributed by atoms with E-state index in [-0.39, 0.29) is 17.5 Å². The van der Waals surface area contributed by atoms with Crippen LogP contribution in [0.3, 0.4) is 0 Å². The highest BCUT2D eigenvalue weighted by Crippen LogP contribution is 2.33. The number of nitrogens with zero attached hydrogens (tertiary/aromatic N) is 4. The van der Waals surface area contributed by atoms with Crippen molar-refractivity contribution in [2.24, 2.45) is 13.0 Å². The van der Waals surface area contributed by atoms with E-state index < -0.39 is 11.6 Å². The van der Waals surface area contributed by atoms with Gasteiger partial charge in [-0.3, -0.25) is 9.78 Å². The van der Waals surface area contributed by atoms with Crippen molar-refractivity contribution in [3.8, 4) is 11.8 Å². The molecule has 30 heavy (non-hydrogen) atoms. The van der Waals surface area contributed by atoms with Crippen LogP contribution in [0.15, 0.2) is 23.1 Å². The molecule has 0 atom stereocenters. The fourth-order valence-corrected chi connectivity index (χ4v) is 4.30. The molecule has 2 aromatic heterocycles. The summed E-state index contributed by atoms with van der Waals surface area (Å²) >= 11 is 0. The van der Waals surface area contributed by atoms with E-state index in [1.54, 1.807) is 18.0 Å². The lowest BCUT2D eigenvalue weighted by molar-refractivity contribution is 0.0462. The van der Waals surface area contributed by atoms with Gasteiger partial charge in [-0.1, -0.05) is 0 Å². The predicted molar refractivity (Wildman–Crippen MR) is 113 cm³/mol. The smallest absolute Gasteiger partial charge is 0.407 e. The first-order valence-corrected chi connectivity index (χ1v) is 10.2. The first kappa shape index (κ1) is 21.6. The highest BCUT2D eigenvalue weighted by Gasteiger charge is 2.35. The van der Waals surface area contributed by atoms with Crippen molar-refractivity contribution in [2.75, 3.05) is 6.61 Å². The van der Waals surface area contributed by atoms with Crippen molar-refractivity contribution in [2.45, 2.75) is 58.0 Å². The number of rotatable bonds is 4. The summed E-state index contributed by atoms with van der Waals surface area (Å²) < 4.78 is 7.52. The molecular weight excluding hydrogens is 384 g/mol. The summed E-state index contributed by atoms with van der Waals surface area (Å²) in [5.41, 5.74) is 0.766. The Balaban J connectivity index is 1.74. The van der Waals surface area contributed by atoms with Gasteiger partial charge in [0.15, 0.2) is 5.75 Å². The van der Waals surface area contributed by atoms with Crippen LogP contribution < -0.4 is 10.3 Å². The van der Waals surface area contributed by atoms with Crippen molar-refractivity contribution in [1.82, 2.24) is 14.5 Å². The molecule has 3 rings (SSSR count). The highest BCUT2D eigenvalue weighted by atomic mass is 16.5. The molecular formula is C22H28N4O4. The van der Waals surface area contributed by atoms with Crippen LogP contribution in [0, 0.1) is 17.2 Å². The summed E-state index contributed by atoms with van der Waals surface area (Å²) in [5.74, 6) is 0.638. The number of amides is 1. The zero-order valence-corrected chi connectivity index (χ0v) is 17.9. The van der Waals surface area contributed by atoms with E-state index in [2.05, 4.69) is 11.1 Å². The third-order valence-electron chi connectivity index (χ3n) is 5.78. The average molecular weight is 412 g/mol. The molecule has 1 aliphatic rings. The fraction of sp³-hybridized carbons (Fsp3) is 0.545. The van der Waals surface area contributed by atoms with Gasteiger partial charge in [0, 0.05) is 30.9 Å². The van der Waals surface area contributed by atoms with Gasteiger partial charge >= 0.3 is 6.09 Å². The minimum Gasteiger partial charge on any atom is -0.490 e. The van der Waals surface area contributed by atoms with Crippen molar-refractivity contribution in [1.29, 1.82) is 5.26 Å². The van der Waals surface area contributed by atoms with Crippen LogP contribution in [0.5, 0.6) is 5.75 Å². The lowest BCUT2D eigenvalue weighted by atomic mass is 9.84. The Morgan fingerprint density at radius 1 is 1.33 bits per heavy atom. The summed E-state index contributed by atoms with van der Waals surface area (Å²) in [6, 6.07) is 5.16. The van der Waals surface area contributed by atoms with Gasteiger partial charge in [0.1, 0.15) is 17.1 Å². The molecule has 0 radical (unpaired) electrons. The van der Waals surface area contributed by atoms with Crippen molar-refractivity contribution in [3.63, 3.8) is 0 Å². The maximum absolute atomic E-state index is 12.1. The van der Waals surface area contributed by atoms with Gasteiger partial charge < -0.3 is 19.3 Å². The number of hydrogen-bond donors (Lipinski definition) is 1. The van der Waals surface area contributed by atoms with Crippen LogP contribution in [0.2, 0.25) is 0 Å². The molecule has 160 valence electrons. The first-order chi connectivity index (χ1) is 14.1. The lowest BCUT2D eigenvalue weighted by Crippen LogP contribution is -2.52. The molecule has 0 saturated heterocycles. The largest absolute Gasteiger partial charge is 0.490 e. The summed E-state index contributed by atoms with van der Waals surface area (Å²) in [4.78, 5) is 29.6. The van der Waals surface area contributed by atoms with Gasteiger partial charge in [-0.05, 0) is 58.4 Å². The Morgan fingerprint density at radius 2 is 2.00 bits per heavy atom. The third kappa shape index (κ3) is 4.25. The SMILES string of the molecule is Cn1c(=O)ccc2ncc(C#N)c(OCC3CCC(N(C(=O)O)C(C)(C)C)CC3)c21. The van der Waals surface area contributed by atoms with Gasteiger partial charge in [-0.2, -0.15) is 5.26 Å². The van der Waals surface area contributed by atoms with Gasteiger partial charge in [0.2, 0.25) is 0 Å². The number of aryl methyl sites for hydroxylation is 1. The molecule has 0 aromatic carbocycles. The number of ether oxygens (including phenoxy) is 1. The van der Waals surface area contributed by atoms with E-state index in [9.17, 15) is 20.0 Å². The number of carbonyl (C=O) groups is 1. The summed E-state index contributed by atoms with van der Waals surface area (Å²) in [7, 11) is 1.64. The number of nitriles is 1. The summed E-state index contributed by atoms with van der Waals surface area (Å²) in [6.07, 6.45) is 3.82. The first-order valence-electron chi connectivity index (χ1n) is 10.2. The van der Waals surface area contributed by atoms with Gasteiger partial charge in [0.25, 0.3) is 5.56 Å². The quantitative estimate of drug-likeness (QED) is 0.823. The minimum atomic E-state index is -0.884. The number of hydrogen-bond acceptors (Lipinski definition) is 5. The number of carboxylic acid groups (broad SMARTS) is 1. The number of fused-ring (bicyclic) bond motifs is 1. The molecule has 0 bridgehead atoms. The Hall–Kier alpha value is -3.08. The summed E-state index contributed by atoms with van der Waals surface area (Å²) in [6.45, 7) is 6.15. The Bertz CT molecular complexity index is 1040. The molecule has 0 unspecified atom stereocenters. The molecule has 1 aliphatic carbocycles. The molecule has 1 amide bonds. The molecule has 1 fully saturated rings. The van der Waals surface area contributed by atoms with Crippen LogP contribution in [0.25, 0.3) is 11.0 Å². The maximum atomic E-state index is 12.1. The van der Waals surface area contributed by atoms with Gasteiger partial charge in [0.05, 0.1) is 12.1 Å². The van der Waals surface area contributed by atoms with Crippen LogP contribution in [-0.4, -0.2) is 43.8 Å². The Kier molecular flexibility index (Phi) is 6.01. The average Bonchev–Trinajstić information content (AvgIpc) is 2.68. The van der Waals surface area contributed by atoms with Crippen LogP contribution in [0.4, 0.5) is 4.79 Å². The number of pyridine rings is 2. The molecule has 1 N–H and O–H groups in total. The van der Waals surface area contributed by atoms with E-state index in [0.717, 1.165) is 25.7 Å². The number of aromatic nitrogens is 2. The maximum Gasteiger partial charge on any atom is 0.407 e. The standard InChI is InChI=1S/C22H28N4O4/c1-22(2,3)26(21(28)29)16-7-5-14(6-8-16)13-30-20-15(11-23)12-24-17-9-10-18(27)25(4)19(17)20/h9-10,12,14,16H,5-8,13H2,1-4H3,(H,28,29). The zero-order valence-electron chi connectivity index (χ0n) is 17.9. The van der Waals surface area contributed by atoms with E-state index in [1.165, 1.54) is 16.8 Å². The second-order valence-corrected chi connectivity index (χ2v) is 8.89. The Morgan fingerprint density at radius 3 is 2.57 bits per heavy atom. The predicted octanol–water partition coefficient (Wildman–Crippen LogP) is 3.52. The van der Waals surface area contributed by atoms with E-state index in [0.29, 0.717) is 29.0 Å². The molecule has 1 saturated carbocycles. The van der Waals surface area contributed by atoms with Crippen LogP contribution in [0.1, 0.15) is 52.0 Å². The topological polar surface area (TPSA) is 108 Å². The summed E-state index contributed by atoms with van der Waals surface area (Å²) in [5, 5.41) is 19.1.